The maximum atomic E-state index is 12.2. The molecule has 0 saturated carbocycles. The van der Waals surface area contributed by atoms with Crippen LogP contribution in [0.25, 0.3) is 0 Å². The molecule has 0 aliphatic carbocycles. The first kappa shape index (κ1) is 15.6. The van der Waals surface area contributed by atoms with E-state index >= 15 is 0 Å². The molecule has 1 N–H and O–H groups in total. The lowest BCUT2D eigenvalue weighted by molar-refractivity contribution is -0.116. The Balaban J connectivity index is 1.80. The predicted molar refractivity (Wildman–Crippen MR) is 92.1 cm³/mol. The minimum atomic E-state index is -0.0839. The summed E-state index contributed by atoms with van der Waals surface area (Å²) in [5.41, 5.74) is 2.77. The van der Waals surface area contributed by atoms with Crippen molar-refractivity contribution in [2.24, 2.45) is 0 Å². The molecular formula is C19H19NO5. The lowest BCUT2D eigenvalue weighted by Gasteiger charge is -2.29. The number of fused-ring (bicyclic) bond motifs is 2. The number of hydrogen-bond donors (Lipinski definition) is 1. The normalized spacial score (nSPS) is 18.2. The molecule has 25 heavy (non-hydrogen) atoms. The molecule has 2 heterocycles. The number of carbonyl (C=O) groups excluding carboxylic acids is 1. The zero-order valence-corrected chi connectivity index (χ0v) is 14.1. The second-order valence-corrected chi connectivity index (χ2v) is 6.00. The summed E-state index contributed by atoms with van der Waals surface area (Å²) in [4.78, 5) is 12.2. The van der Waals surface area contributed by atoms with E-state index < -0.39 is 0 Å². The monoisotopic (exact) mass is 341 g/mol. The third kappa shape index (κ3) is 2.73. The van der Waals surface area contributed by atoms with Gasteiger partial charge in [0, 0.05) is 24.1 Å². The molecule has 4 rings (SSSR count). The summed E-state index contributed by atoms with van der Waals surface area (Å²) in [7, 11) is 3.20. The van der Waals surface area contributed by atoms with Crippen LogP contribution in [-0.2, 0) is 4.79 Å². The van der Waals surface area contributed by atoms with E-state index in [1.165, 1.54) is 0 Å². The zero-order valence-electron chi connectivity index (χ0n) is 14.1. The summed E-state index contributed by atoms with van der Waals surface area (Å²) in [5, 5.41) is 2.93. The standard InChI is InChI=1S/C19H19NO5/c1-22-15-4-3-11(7-16(15)23-2)12-9-19(21)20-14-10-18-17(8-13(12)14)24-5-6-25-18/h3-4,7-8,10,12H,5-6,9H2,1-2H3,(H,20,21)/t12-/m1/s1. The minimum Gasteiger partial charge on any atom is -0.493 e. The predicted octanol–water partition coefficient (Wildman–Crippen LogP) is 2.95. The number of hydrogen-bond acceptors (Lipinski definition) is 5. The fourth-order valence-corrected chi connectivity index (χ4v) is 3.36. The second kappa shape index (κ2) is 6.20. The van der Waals surface area contributed by atoms with Gasteiger partial charge in [0.25, 0.3) is 0 Å². The Labute approximate surface area is 145 Å². The molecule has 130 valence electrons. The van der Waals surface area contributed by atoms with Crippen LogP contribution in [0.5, 0.6) is 23.0 Å². The van der Waals surface area contributed by atoms with E-state index in [2.05, 4.69) is 5.32 Å². The molecule has 2 aromatic carbocycles. The highest BCUT2D eigenvalue weighted by atomic mass is 16.6. The van der Waals surface area contributed by atoms with Crippen LogP contribution in [0.2, 0.25) is 0 Å². The molecule has 0 saturated heterocycles. The van der Waals surface area contributed by atoms with Crippen molar-refractivity contribution in [2.45, 2.75) is 12.3 Å². The summed E-state index contributed by atoms with van der Waals surface area (Å²) in [6.07, 6.45) is 0.363. The van der Waals surface area contributed by atoms with Crippen molar-refractivity contribution in [3.05, 3.63) is 41.5 Å². The summed E-state index contributed by atoms with van der Waals surface area (Å²) in [6, 6.07) is 9.55. The maximum absolute atomic E-state index is 12.2. The Morgan fingerprint density at radius 1 is 1.00 bits per heavy atom. The molecule has 2 aliphatic rings. The van der Waals surface area contributed by atoms with Crippen LogP contribution in [-0.4, -0.2) is 33.3 Å². The van der Waals surface area contributed by atoms with Gasteiger partial charge >= 0.3 is 0 Å². The van der Waals surface area contributed by atoms with Gasteiger partial charge in [0.05, 0.1) is 14.2 Å². The van der Waals surface area contributed by atoms with Crippen LogP contribution in [0, 0.1) is 0 Å². The maximum Gasteiger partial charge on any atom is 0.225 e. The lowest BCUT2D eigenvalue weighted by atomic mass is 9.84. The van der Waals surface area contributed by atoms with Crippen LogP contribution in [0.3, 0.4) is 0 Å². The van der Waals surface area contributed by atoms with Crippen molar-refractivity contribution in [3.8, 4) is 23.0 Å². The Hall–Kier alpha value is -2.89. The van der Waals surface area contributed by atoms with Gasteiger partial charge < -0.3 is 24.3 Å². The van der Waals surface area contributed by atoms with Crippen LogP contribution < -0.4 is 24.3 Å². The number of carbonyl (C=O) groups is 1. The number of methoxy groups -OCH3 is 2. The fraction of sp³-hybridized carbons (Fsp3) is 0.316. The largest absolute Gasteiger partial charge is 0.493 e. The fourth-order valence-electron chi connectivity index (χ4n) is 3.36. The summed E-state index contributed by atoms with van der Waals surface area (Å²) < 4.78 is 22.0. The number of benzene rings is 2. The number of nitrogens with one attached hydrogen (secondary N) is 1. The average Bonchev–Trinajstić information content (AvgIpc) is 2.65. The van der Waals surface area contributed by atoms with Crippen molar-refractivity contribution in [3.63, 3.8) is 0 Å². The van der Waals surface area contributed by atoms with Gasteiger partial charge in [-0.15, -0.1) is 0 Å². The SMILES string of the molecule is COc1ccc([C@H]2CC(=O)Nc3cc4c(cc32)OCCO4)cc1OC. The van der Waals surface area contributed by atoms with Crippen molar-refractivity contribution in [2.75, 3.05) is 32.8 Å². The van der Waals surface area contributed by atoms with Crippen LogP contribution in [0.4, 0.5) is 5.69 Å². The van der Waals surface area contributed by atoms with E-state index in [1.54, 1.807) is 14.2 Å². The Kier molecular flexibility index (Phi) is 3.87. The number of ether oxygens (including phenoxy) is 4. The first-order valence-corrected chi connectivity index (χ1v) is 8.15. The summed E-state index contributed by atoms with van der Waals surface area (Å²) in [5.74, 6) is 2.58. The van der Waals surface area contributed by atoms with Gasteiger partial charge in [-0.1, -0.05) is 6.07 Å². The average molecular weight is 341 g/mol. The minimum absolute atomic E-state index is 0.0241. The molecule has 0 bridgehead atoms. The Morgan fingerprint density at radius 3 is 2.44 bits per heavy atom. The molecule has 0 unspecified atom stereocenters. The molecule has 0 radical (unpaired) electrons. The van der Waals surface area contributed by atoms with E-state index in [-0.39, 0.29) is 11.8 Å². The first-order chi connectivity index (χ1) is 12.2. The highest BCUT2D eigenvalue weighted by Crippen LogP contribution is 2.45. The van der Waals surface area contributed by atoms with Crippen molar-refractivity contribution >= 4 is 11.6 Å². The summed E-state index contributed by atoms with van der Waals surface area (Å²) in [6.45, 7) is 1.04. The molecule has 6 nitrogen and oxygen atoms in total. The van der Waals surface area contributed by atoms with Crippen LogP contribution in [0.15, 0.2) is 30.3 Å². The van der Waals surface area contributed by atoms with E-state index in [1.807, 2.05) is 30.3 Å². The van der Waals surface area contributed by atoms with Crippen LogP contribution >= 0.6 is 0 Å². The molecule has 2 aliphatic heterocycles. The van der Waals surface area contributed by atoms with Gasteiger partial charge in [-0.05, 0) is 29.3 Å². The molecule has 0 spiro atoms. The lowest BCUT2D eigenvalue weighted by Crippen LogP contribution is -2.24. The molecule has 1 atom stereocenters. The van der Waals surface area contributed by atoms with Gasteiger partial charge in [-0.3, -0.25) is 4.79 Å². The van der Waals surface area contributed by atoms with E-state index in [0.717, 1.165) is 16.8 Å². The van der Waals surface area contributed by atoms with E-state index in [0.29, 0.717) is 42.6 Å². The van der Waals surface area contributed by atoms with Crippen LogP contribution in [0.1, 0.15) is 23.5 Å². The third-order valence-corrected chi connectivity index (χ3v) is 4.56. The molecular weight excluding hydrogens is 322 g/mol. The Morgan fingerprint density at radius 2 is 1.72 bits per heavy atom. The van der Waals surface area contributed by atoms with Gasteiger partial charge in [-0.25, -0.2) is 0 Å². The second-order valence-electron chi connectivity index (χ2n) is 6.00. The third-order valence-electron chi connectivity index (χ3n) is 4.56. The molecule has 0 aromatic heterocycles. The highest BCUT2D eigenvalue weighted by Gasteiger charge is 2.30. The number of rotatable bonds is 3. The molecule has 0 fully saturated rings. The van der Waals surface area contributed by atoms with Gasteiger partial charge in [0.1, 0.15) is 13.2 Å². The highest BCUT2D eigenvalue weighted by molar-refractivity contribution is 5.96. The Bertz CT molecular complexity index is 833. The molecule has 1 amide bonds. The first-order valence-electron chi connectivity index (χ1n) is 8.15. The quantitative estimate of drug-likeness (QED) is 0.930. The smallest absolute Gasteiger partial charge is 0.225 e. The van der Waals surface area contributed by atoms with Gasteiger partial charge in [-0.2, -0.15) is 0 Å². The zero-order chi connectivity index (χ0) is 17.4. The van der Waals surface area contributed by atoms with Crippen molar-refractivity contribution in [1.82, 2.24) is 0 Å². The number of amides is 1. The van der Waals surface area contributed by atoms with Crippen molar-refractivity contribution in [1.29, 1.82) is 0 Å². The van der Waals surface area contributed by atoms with E-state index in [9.17, 15) is 4.79 Å². The summed E-state index contributed by atoms with van der Waals surface area (Å²) >= 11 is 0. The van der Waals surface area contributed by atoms with Gasteiger partial charge in [0.2, 0.25) is 5.91 Å². The topological polar surface area (TPSA) is 66.0 Å². The van der Waals surface area contributed by atoms with Crippen molar-refractivity contribution < 1.29 is 23.7 Å². The van der Waals surface area contributed by atoms with Gasteiger partial charge in [0.15, 0.2) is 23.0 Å². The molecule has 6 heteroatoms. The van der Waals surface area contributed by atoms with E-state index in [4.69, 9.17) is 18.9 Å². The molecule has 2 aromatic rings. The number of anilines is 1.